The van der Waals surface area contributed by atoms with Crippen molar-refractivity contribution in [3.05, 3.63) is 53.0 Å². The molecule has 0 bridgehead atoms. The van der Waals surface area contributed by atoms with Crippen molar-refractivity contribution in [2.45, 2.75) is 13.0 Å². The Morgan fingerprint density at radius 2 is 1.90 bits per heavy atom. The van der Waals surface area contributed by atoms with Crippen molar-refractivity contribution in [1.29, 1.82) is 0 Å². The number of ketones is 1. The van der Waals surface area contributed by atoms with Gasteiger partial charge in [-0.2, -0.15) is 0 Å². The van der Waals surface area contributed by atoms with Gasteiger partial charge in [0.05, 0.1) is 32.0 Å². The molecule has 2 aromatic rings. The monoisotopic (exact) mass is 401 g/mol. The molecule has 1 atom stereocenters. The van der Waals surface area contributed by atoms with E-state index in [0.29, 0.717) is 23.0 Å². The van der Waals surface area contributed by atoms with Gasteiger partial charge in [0.2, 0.25) is 0 Å². The van der Waals surface area contributed by atoms with Gasteiger partial charge in [-0.1, -0.05) is 0 Å². The third-order valence-electron chi connectivity index (χ3n) is 4.77. The molecule has 1 unspecified atom stereocenters. The summed E-state index contributed by atoms with van der Waals surface area (Å²) in [5.41, 5.74) is 0.204. The molecule has 3 rings (SSSR count). The number of nitrogens with zero attached hydrogens (tertiary/aromatic N) is 1. The van der Waals surface area contributed by atoms with Crippen molar-refractivity contribution in [3.63, 3.8) is 0 Å². The molecule has 1 N–H and O–H groups in total. The minimum absolute atomic E-state index is 0.0658. The van der Waals surface area contributed by atoms with E-state index in [1.54, 1.807) is 37.3 Å². The third-order valence-corrected chi connectivity index (χ3v) is 4.77. The fourth-order valence-corrected chi connectivity index (χ4v) is 3.34. The molecule has 1 aromatic carbocycles. The number of furan rings is 1. The Balaban J connectivity index is 2.18. The zero-order chi connectivity index (χ0) is 21.1. The third kappa shape index (κ3) is 3.71. The maximum absolute atomic E-state index is 12.8. The Bertz CT molecular complexity index is 960. The number of hydrogen-bond donors (Lipinski definition) is 1. The number of carbonyl (C=O) groups is 2. The van der Waals surface area contributed by atoms with Crippen molar-refractivity contribution >= 4 is 17.4 Å². The first-order valence-electron chi connectivity index (χ1n) is 8.99. The van der Waals surface area contributed by atoms with Crippen LogP contribution in [-0.2, 0) is 14.3 Å². The van der Waals surface area contributed by atoms with Crippen LogP contribution in [0.3, 0.4) is 0 Å². The topological polar surface area (TPSA) is 98.4 Å². The van der Waals surface area contributed by atoms with Crippen molar-refractivity contribution in [2.75, 3.05) is 34.5 Å². The first-order chi connectivity index (χ1) is 13.9. The summed E-state index contributed by atoms with van der Waals surface area (Å²) in [4.78, 5) is 26.9. The number of Topliss-reactive ketones (excluding diaryl/α,β-unsaturated/α-hetero) is 1. The Kier molecular flexibility index (Phi) is 5.93. The second-order valence-electron chi connectivity index (χ2n) is 6.50. The van der Waals surface area contributed by atoms with Gasteiger partial charge in [-0.25, -0.2) is 0 Å². The zero-order valence-corrected chi connectivity index (χ0v) is 16.7. The predicted octanol–water partition coefficient (Wildman–Crippen LogP) is 2.67. The van der Waals surface area contributed by atoms with Gasteiger partial charge in [-0.05, 0) is 31.2 Å². The zero-order valence-electron chi connectivity index (χ0n) is 16.7. The second-order valence-corrected chi connectivity index (χ2v) is 6.50. The highest BCUT2D eigenvalue weighted by atomic mass is 16.5. The molecule has 0 spiro atoms. The number of aryl methyl sites for hydroxylation is 1. The van der Waals surface area contributed by atoms with E-state index in [-0.39, 0.29) is 30.0 Å². The molecule has 1 aliphatic rings. The molecule has 0 aliphatic carbocycles. The van der Waals surface area contributed by atoms with Crippen molar-refractivity contribution in [2.24, 2.45) is 0 Å². The van der Waals surface area contributed by atoms with Crippen LogP contribution < -0.4 is 9.47 Å². The summed E-state index contributed by atoms with van der Waals surface area (Å²) in [6.45, 7) is 2.16. The van der Waals surface area contributed by atoms with Gasteiger partial charge in [0.25, 0.3) is 11.7 Å². The molecule has 8 nitrogen and oxygen atoms in total. The Morgan fingerprint density at radius 3 is 2.48 bits per heavy atom. The molecular formula is C21H23NO7. The van der Waals surface area contributed by atoms with E-state index in [2.05, 4.69) is 0 Å². The van der Waals surface area contributed by atoms with Crippen molar-refractivity contribution in [1.82, 2.24) is 4.90 Å². The molecule has 29 heavy (non-hydrogen) atoms. The van der Waals surface area contributed by atoms with Crippen molar-refractivity contribution < 1.29 is 33.3 Å². The van der Waals surface area contributed by atoms with Gasteiger partial charge in [-0.15, -0.1) is 0 Å². The average molecular weight is 401 g/mol. The molecule has 1 amide bonds. The molecule has 1 aliphatic heterocycles. The van der Waals surface area contributed by atoms with Gasteiger partial charge < -0.3 is 28.6 Å². The van der Waals surface area contributed by atoms with Crippen LogP contribution in [0.2, 0.25) is 0 Å². The summed E-state index contributed by atoms with van der Waals surface area (Å²) in [6.07, 6.45) is 0. The maximum atomic E-state index is 12.8. The van der Waals surface area contributed by atoms with Gasteiger partial charge in [0, 0.05) is 19.7 Å². The van der Waals surface area contributed by atoms with Gasteiger partial charge in [-0.3, -0.25) is 9.59 Å². The Morgan fingerprint density at radius 1 is 1.14 bits per heavy atom. The number of carbonyl (C=O) groups excluding carboxylic acids is 2. The molecule has 0 saturated carbocycles. The molecule has 1 fully saturated rings. The smallest absolute Gasteiger partial charge is 0.295 e. The molecule has 8 heteroatoms. The Hall–Kier alpha value is -3.26. The highest BCUT2D eigenvalue weighted by molar-refractivity contribution is 6.46. The normalized spacial score (nSPS) is 18.3. The van der Waals surface area contributed by atoms with Crippen LogP contribution in [0.4, 0.5) is 0 Å². The Labute approximate surface area is 168 Å². The van der Waals surface area contributed by atoms with E-state index in [1.807, 2.05) is 0 Å². The van der Waals surface area contributed by atoms with Crippen LogP contribution in [0.15, 0.2) is 40.3 Å². The fourth-order valence-electron chi connectivity index (χ4n) is 3.34. The fraction of sp³-hybridized carbons (Fsp3) is 0.333. The molecule has 0 radical (unpaired) electrons. The summed E-state index contributed by atoms with van der Waals surface area (Å²) in [5.74, 6) is -0.0323. The molecule has 1 aromatic heterocycles. The van der Waals surface area contributed by atoms with Crippen LogP contribution in [0.25, 0.3) is 5.76 Å². The van der Waals surface area contributed by atoms with E-state index < -0.39 is 17.7 Å². The van der Waals surface area contributed by atoms with Crippen LogP contribution in [-0.4, -0.2) is 56.2 Å². The number of benzene rings is 1. The quantitative estimate of drug-likeness (QED) is 0.433. The van der Waals surface area contributed by atoms with E-state index in [4.69, 9.17) is 18.6 Å². The number of rotatable bonds is 7. The number of likely N-dealkylation sites (tertiary alicyclic amines) is 1. The summed E-state index contributed by atoms with van der Waals surface area (Å²) in [5, 5.41) is 11.1. The first-order valence-corrected chi connectivity index (χ1v) is 8.99. The summed E-state index contributed by atoms with van der Waals surface area (Å²) >= 11 is 0. The van der Waals surface area contributed by atoms with Gasteiger partial charge in [0.1, 0.15) is 34.8 Å². The van der Waals surface area contributed by atoms with Crippen LogP contribution in [0.5, 0.6) is 11.5 Å². The minimum atomic E-state index is -0.870. The maximum Gasteiger partial charge on any atom is 0.295 e. The van der Waals surface area contributed by atoms with Crippen LogP contribution >= 0.6 is 0 Å². The summed E-state index contributed by atoms with van der Waals surface area (Å²) < 4.78 is 21.3. The molecule has 1 saturated heterocycles. The molecule has 2 heterocycles. The number of aliphatic hydroxyl groups excluding tert-OH is 1. The van der Waals surface area contributed by atoms with E-state index in [0.717, 1.165) is 0 Å². The predicted molar refractivity (Wildman–Crippen MR) is 104 cm³/mol. The number of ether oxygens (including phenoxy) is 3. The number of aliphatic hydroxyl groups is 1. The van der Waals surface area contributed by atoms with E-state index in [9.17, 15) is 14.7 Å². The van der Waals surface area contributed by atoms with Gasteiger partial charge in [0.15, 0.2) is 0 Å². The summed E-state index contributed by atoms with van der Waals surface area (Å²) in [7, 11) is 4.45. The lowest BCUT2D eigenvalue weighted by Gasteiger charge is -2.23. The molecule has 154 valence electrons. The highest BCUT2D eigenvalue weighted by Crippen LogP contribution is 2.41. The minimum Gasteiger partial charge on any atom is -0.507 e. The standard InChI is InChI=1S/C21H23NO7/c1-12-5-8-15(29-12)18-17(20(24)21(25)22(18)9-10-26-2)19(23)14-7-6-13(27-3)11-16(14)28-4/h5-8,11,18,23H,9-10H2,1-4H3/b19-17-. The van der Waals surface area contributed by atoms with Gasteiger partial charge >= 0.3 is 0 Å². The van der Waals surface area contributed by atoms with Crippen molar-refractivity contribution in [3.8, 4) is 11.5 Å². The first kappa shape index (κ1) is 20.5. The average Bonchev–Trinajstić information content (AvgIpc) is 3.26. The molecular weight excluding hydrogens is 378 g/mol. The SMILES string of the molecule is COCCN1C(=O)C(=O)/C(=C(\O)c2ccc(OC)cc2OC)C1c1ccc(C)o1. The number of hydrogen-bond acceptors (Lipinski definition) is 7. The highest BCUT2D eigenvalue weighted by Gasteiger charge is 2.47. The van der Waals surface area contributed by atoms with Crippen LogP contribution in [0, 0.1) is 6.92 Å². The lowest BCUT2D eigenvalue weighted by molar-refractivity contribution is -0.140. The number of methoxy groups -OCH3 is 3. The lowest BCUT2D eigenvalue weighted by atomic mass is 9.98. The summed E-state index contributed by atoms with van der Waals surface area (Å²) in [6, 6.07) is 7.34. The second kappa shape index (κ2) is 8.40. The van der Waals surface area contributed by atoms with E-state index >= 15 is 0 Å². The lowest BCUT2D eigenvalue weighted by Crippen LogP contribution is -2.32. The van der Waals surface area contributed by atoms with Crippen LogP contribution in [0.1, 0.15) is 23.1 Å². The van der Waals surface area contributed by atoms with E-state index in [1.165, 1.54) is 26.2 Å². The number of amides is 1. The largest absolute Gasteiger partial charge is 0.507 e.